The number of hydrogen-bond acceptors (Lipinski definition) is 4. The predicted molar refractivity (Wildman–Crippen MR) is 223 cm³/mol. The molecule has 0 saturated carbocycles. The molecule has 294 valence electrons. The lowest BCUT2D eigenvalue weighted by molar-refractivity contribution is -0.115. The zero-order valence-corrected chi connectivity index (χ0v) is 35.7. The number of benzene rings is 2. The van der Waals surface area contributed by atoms with Crippen molar-refractivity contribution in [2.45, 2.75) is 135 Å². The van der Waals surface area contributed by atoms with Gasteiger partial charge in [0.2, 0.25) is 0 Å². The lowest BCUT2D eigenvalue weighted by atomic mass is 9.92. The molecule has 0 saturated heterocycles. The van der Waals surface area contributed by atoms with E-state index in [1.54, 1.807) is 18.2 Å². The molecule has 0 spiro atoms. The third-order valence-corrected chi connectivity index (χ3v) is 7.53. The van der Waals surface area contributed by atoms with E-state index < -0.39 is 12.0 Å². The number of hydrogen-bond donors (Lipinski definition) is 2. The second kappa shape index (κ2) is 33.1. The molecular formula is C44H74ClF2NO3. The van der Waals surface area contributed by atoms with E-state index in [4.69, 9.17) is 21.4 Å². The Morgan fingerprint density at radius 3 is 1.76 bits per heavy atom. The van der Waals surface area contributed by atoms with Gasteiger partial charge in [-0.25, -0.2) is 8.78 Å². The fourth-order valence-corrected chi connectivity index (χ4v) is 3.62. The monoisotopic (exact) mass is 738 g/mol. The Kier molecular flexibility index (Phi) is 35.6. The lowest BCUT2D eigenvalue weighted by Gasteiger charge is -2.21. The average molecular weight is 739 g/mol. The molecule has 0 aromatic heterocycles. The van der Waals surface area contributed by atoms with Crippen molar-refractivity contribution in [1.82, 2.24) is 5.32 Å². The maximum absolute atomic E-state index is 13.1. The van der Waals surface area contributed by atoms with E-state index in [0.717, 1.165) is 30.4 Å². The van der Waals surface area contributed by atoms with Crippen LogP contribution in [0.15, 0.2) is 67.3 Å². The summed E-state index contributed by atoms with van der Waals surface area (Å²) in [6.07, 6.45) is 3.92. The van der Waals surface area contributed by atoms with Crippen LogP contribution in [0.25, 0.3) is 11.1 Å². The third kappa shape index (κ3) is 30.5. The van der Waals surface area contributed by atoms with Gasteiger partial charge in [0, 0.05) is 20.1 Å². The molecule has 2 unspecified atom stereocenters. The predicted octanol–water partition coefficient (Wildman–Crippen LogP) is 13.3. The van der Waals surface area contributed by atoms with Crippen molar-refractivity contribution in [2.24, 2.45) is 11.8 Å². The van der Waals surface area contributed by atoms with Gasteiger partial charge in [0.1, 0.15) is 11.5 Å². The molecule has 0 aliphatic rings. The molecule has 2 N–H and O–H groups in total. The van der Waals surface area contributed by atoms with Crippen LogP contribution in [0.3, 0.4) is 0 Å². The zero-order valence-electron chi connectivity index (χ0n) is 34.9. The first kappa shape index (κ1) is 55.0. The third-order valence-electron chi connectivity index (χ3n) is 7.24. The van der Waals surface area contributed by atoms with Gasteiger partial charge in [-0.1, -0.05) is 129 Å². The molecule has 2 aromatic rings. The highest BCUT2D eigenvalue weighted by molar-refractivity contribution is 6.32. The Labute approximate surface area is 317 Å². The SMILES string of the molecule is C/C=C(\C)c1ccc(CC)cc1.C=C(C)C(C)C(C)C.C=C(CNCCCO)c1ccc(OC(C)C(C)(F)F)c(Cl)c1.CC.CC(C)=O.CCC. The van der Waals surface area contributed by atoms with Gasteiger partial charge < -0.3 is 20.0 Å². The number of aliphatic hydroxyl groups excluding tert-OH is 1. The highest BCUT2D eigenvalue weighted by atomic mass is 35.5. The minimum Gasteiger partial charge on any atom is -0.483 e. The minimum atomic E-state index is -2.94. The van der Waals surface area contributed by atoms with Gasteiger partial charge in [-0.05, 0) is 113 Å². The Bertz CT molecular complexity index is 1210. The minimum absolute atomic E-state index is 0.136. The molecule has 2 aromatic carbocycles. The second-order valence-electron chi connectivity index (χ2n) is 12.7. The summed E-state index contributed by atoms with van der Waals surface area (Å²) in [7, 11) is 0. The van der Waals surface area contributed by atoms with Crippen molar-refractivity contribution >= 4 is 28.5 Å². The number of rotatable bonds is 13. The van der Waals surface area contributed by atoms with Gasteiger partial charge in [0.25, 0.3) is 5.92 Å². The maximum Gasteiger partial charge on any atom is 0.281 e. The highest BCUT2D eigenvalue weighted by Crippen LogP contribution is 2.31. The second-order valence-corrected chi connectivity index (χ2v) is 13.1. The van der Waals surface area contributed by atoms with Crippen LogP contribution in [-0.2, 0) is 11.2 Å². The van der Waals surface area contributed by atoms with Gasteiger partial charge >= 0.3 is 0 Å². The lowest BCUT2D eigenvalue weighted by Crippen LogP contribution is -2.32. The molecule has 0 aliphatic carbocycles. The number of aryl methyl sites for hydroxylation is 1. The average Bonchev–Trinajstić information content (AvgIpc) is 3.07. The molecule has 0 bridgehead atoms. The van der Waals surface area contributed by atoms with E-state index in [1.165, 1.54) is 49.5 Å². The number of carbonyl (C=O) groups is 1. The summed E-state index contributed by atoms with van der Waals surface area (Å²) in [6.45, 7) is 37.8. The summed E-state index contributed by atoms with van der Waals surface area (Å²) >= 11 is 6.09. The van der Waals surface area contributed by atoms with Gasteiger partial charge in [0.15, 0.2) is 6.10 Å². The largest absolute Gasteiger partial charge is 0.483 e. The summed E-state index contributed by atoms with van der Waals surface area (Å²) in [6, 6.07) is 13.7. The first-order chi connectivity index (χ1) is 23.7. The number of Topliss-reactive ketones (excluding diaryl/α,β-unsaturated/α-hetero) is 1. The van der Waals surface area contributed by atoms with Gasteiger partial charge in [-0.3, -0.25) is 0 Å². The van der Waals surface area contributed by atoms with Crippen molar-refractivity contribution in [2.75, 3.05) is 19.7 Å². The van der Waals surface area contributed by atoms with E-state index in [2.05, 4.69) is 111 Å². The van der Waals surface area contributed by atoms with E-state index in [-0.39, 0.29) is 23.2 Å². The summed E-state index contributed by atoms with van der Waals surface area (Å²) in [5.41, 5.74) is 7.00. The van der Waals surface area contributed by atoms with Gasteiger partial charge in [0.05, 0.1) is 5.02 Å². The molecule has 2 rings (SSSR count). The van der Waals surface area contributed by atoms with Gasteiger partial charge in [-0.15, -0.1) is 0 Å². The van der Waals surface area contributed by atoms with Crippen molar-refractivity contribution in [1.29, 1.82) is 0 Å². The molecule has 2 atom stereocenters. The molecular weight excluding hydrogens is 664 g/mol. The number of nitrogens with one attached hydrogen (secondary N) is 1. The van der Waals surface area contributed by atoms with Crippen LogP contribution in [0.1, 0.15) is 133 Å². The first-order valence-electron chi connectivity index (χ1n) is 18.4. The Balaban J connectivity index is -0.000000318. The molecule has 0 heterocycles. The number of ketones is 1. The van der Waals surface area contributed by atoms with Crippen molar-refractivity contribution in [3.8, 4) is 5.75 Å². The molecule has 0 fully saturated rings. The summed E-state index contributed by atoms with van der Waals surface area (Å²) in [5.74, 6) is -1.13. The van der Waals surface area contributed by atoms with Crippen molar-refractivity contribution in [3.05, 3.63) is 89.0 Å². The van der Waals surface area contributed by atoms with Crippen LogP contribution in [0.4, 0.5) is 8.78 Å². The molecule has 4 nitrogen and oxygen atoms in total. The molecule has 0 amide bonds. The van der Waals surface area contributed by atoms with Crippen molar-refractivity contribution in [3.63, 3.8) is 0 Å². The van der Waals surface area contributed by atoms with Crippen LogP contribution < -0.4 is 10.1 Å². The standard InChI is InChI=1S/C16H22ClF2NO2.C12H16.C8H16.C3H6O.C3H8.C2H6/c1-11(10-20-7-4-8-21)13-5-6-15(14(17)9-13)22-12(2)16(3,18)19;1-4-10(3)12-8-6-11(5-2)7-9-12;1-6(2)8(5)7(3)4;1-3(2)4;1-3-2;1-2/h5-6,9,12,20-21H,1,4,7-8,10H2,2-3H3;4,6-9H,5H2,1-3H3;7-8H,1H2,2-5H3;1-2H3;3H2,1-2H3;1-2H3/b;10-4+;;;;. The number of halogens is 3. The Hall–Kier alpha value is -2.80. The van der Waals surface area contributed by atoms with Crippen LogP contribution in [0.5, 0.6) is 5.75 Å². The van der Waals surface area contributed by atoms with Gasteiger partial charge in [-0.2, -0.15) is 0 Å². The Morgan fingerprint density at radius 2 is 1.43 bits per heavy atom. The van der Waals surface area contributed by atoms with Crippen LogP contribution in [-0.4, -0.2) is 42.6 Å². The number of aliphatic hydroxyl groups is 1. The molecule has 0 aliphatic heterocycles. The molecule has 51 heavy (non-hydrogen) atoms. The van der Waals surface area contributed by atoms with Crippen molar-refractivity contribution < 1.29 is 23.4 Å². The topological polar surface area (TPSA) is 58.6 Å². The number of carbonyl (C=O) groups excluding carboxylic acids is 1. The van der Waals surface area contributed by atoms with Crippen LogP contribution in [0.2, 0.25) is 5.02 Å². The normalized spacial score (nSPS) is 11.6. The zero-order chi connectivity index (χ0) is 40.7. The fraction of sp³-hybridized carbons (Fsp3) is 0.568. The fourth-order valence-electron chi connectivity index (χ4n) is 3.39. The van der Waals surface area contributed by atoms with Crippen LogP contribution in [0, 0.1) is 11.8 Å². The highest BCUT2D eigenvalue weighted by Gasteiger charge is 2.32. The van der Waals surface area contributed by atoms with E-state index in [9.17, 15) is 13.6 Å². The maximum atomic E-state index is 13.1. The Morgan fingerprint density at radius 1 is 0.961 bits per heavy atom. The summed E-state index contributed by atoms with van der Waals surface area (Å²) < 4.78 is 31.5. The number of alkyl halides is 2. The van der Waals surface area contributed by atoms with E-state index in [0.29, 0.717) is 25.4 Å². The van der Waals surface area contributed by atoms with E-state index in [1.807, 2.05) is 13.8 Å². The number of allylic oxidation sites excluding steroid dienone is 3. The summed E-state index contributed by atoms with van der Waals surface area (Å²) in [5, 5.41) is 12.1. The number of ether oxygens (including phenoxy) is 1. The summed E-state index contributed by atoms with van der Waals surface area (Å²) in [4.78, 5) is 9.44. The first-order valence-corrected chi connectivity index (χ1v) is 18.8. The molecule has 7 heteroatoms. The smallest absolute Gasteiger partial charge is 0.281 e. The molecule has 0 radical (unpaired) electrons. The van der Waals surface area contributed by atoms with Crippen LogP contribution >= 0.6 is 11.6 Å². The van der Waals surface area contributed by atoms with E-state index >= 15 is 0 Å². The quantitative estimate of drug-likeness (QED) is 0.159.